The summed E-state index contributed by atoms with van der Waals surface area (Å²) < 4.78 is 6.09. The molecule has 57 heavy (non-hydrogen) atoms. The van der Waals surface area contributed by atoms with Gasteiger partial charge in [0, 0.05) is 55.0 Å². The van der Waals surface area contributed by atoms with Crippen LogP contribution in [-0.2, 0) is 16.2 Å². The highest BCUT2D eigenvalue weighted by molar-refractivity contribution is 5.97. The molecular formula is C45H63N5O7. The summed E-state index contributed by atoms with van der Waals surface area (Å²) in [5, 5.41) is 40.7. The number of hydrogen-bond acceptors (Lipinski definition) is 10. The summed E-state index contributed by atoms with van der Waals surface area (Å²) in [6.07, 6.45) is -0.515. The second kappa shape index (κ2) is 17.4. The number of rotatable bonds is 15. The number of likely N-dealkylation sites (N-methyl/N-ethyl adjacent to an activating group) is 1. The molecule has 4 fully saturated rings. The van der Waals surface area contributed by atoms with Crippen molar-refractivity contribution in [3.8, 4) is 16.9 Å². The molecule has 12 nitrogen and oxygen atoms in total. The van der Waals surface area contributed by atoms with Crippen LogP contribution in [-0.4, -0.2) is 116 Å². The van der Waals surface area contributed by atoms with Crippen molar-refractivity contribution in [2.45, 2.75) is 83.5 Å². The van der Waals surface area contributed by atoms with E-state index in [-0.39, 0.29) is 36.4 Å². The SMILES string of the molecule is COc1c(CN2O[C@@H](CO)[C@@H]([C@H](C)O)[C@H]2C(=O)N[C@H]2C[C@H]3C[C@@H]([C@@H]2C)C3(C)C)cccc1-c1cc(C(=O)N[C@H](CN(C)C)[C@H](O)c2ccccc2)cc(N(C)C)c1. The molecule has 12 heteroatoms. The predicted molar refractivity (Wildman–Crippen MR) is 222 cm³/mol. The van der Waals surface area contributed by atoms with E-state index in [1.807, 2.05) is 105 Å². The van der Waals surface area contributed by atoms with Crippen LogP contribution < -0.4 is 20.3 Å². The number of methoxy groups -OCH3 is 1. The molecule has 0 spiro atoms. The van der Waals surface area contributed by atoms with Gasteiger partial charge < -0.3 is 40.5 Å². The Morgan fingerprint density at radius 3 is 2.33 bits per heavy atom. The molecule has 4 aliphatic rings. The van der Waals surface area contributed by atoms with Crippen LogP contribution >= 0.6 is 0 Å². The molecule has 3 aromatic rings. The van der Waals surface area contributed by atoms with Gasteiger partial charge in [-0.05, 0) is 86.4 Å². The van der Waals surface area contributed by atoms with Crippen molar-refractivity contribution in [3.05, 3.63) is 83.4 Å². The highest BCUT2D eigenvalue weighted by Crippen LogP contribution is 2.61. The Morgan fingerprint density at radius 1 is 1.02 bits per heavy atom. The van der Waals surface area contributed by atoms with Crippen molar-refractivity contribution < 1.29 is 34.5 Å². The third-order valence-electron chi connectivity index (χ3n) is 13.1. The average molecular weight is 786 g/mol. The molecule has 1 heterocycles. The standard InChI is InChI=1S/C45H63N5O7/c1-26-35-21-32(45(35,3)4)22-36(26)46-44(55)40-39(27(2)52)38(25-51)57-50(40)23-29-16-13-17-34(42(29)56-9)30-18-31(20-33(19-30)49(7)8)43(54)47-37(24-48(5)6)41(53)28-14-11-10-12-15-28/h10-20,26-27,32,35-41,51-53H,21-25H2,1-9H3,(H,46,55)(H,47,54)/t26-,27-,32+,35-,36-,37+,38-,39+,40-,41+/m0/s1. The number of ether oxygens (including phenoxy) is 1. The monoisotopic (exact) mass is 785 g/mol. The molecule has 3 aromatic carbocycles. The fourth-order valence-electron chi connectivity index (χ4n) is 9.74. The van der Waals surface area contributed by atoms with Gasteiger partial charge in [0.15, 0.2) is 0 Å². The lowest BCUT2D eigenvalue weighted by Crippen LogP contribution is -2.62. The third-order valence-corrected chi connectivity index (χ3v) is 13.1. The van der Waals surface area contributed by atoms with Crippen LogP contribution in [0.25, 0.3) is 11.1 Å². The lowest BCUT2D eigenvalue weighted by Gasteiger charge is -2.62. The fourth-order valence-corrected chi connectivity index (χ4v) is 9.74. The molecule has 0 aromatic heterocycles. The molecule has 2 amide bonds. The minimum absolute atomic E-state index is 0.0203. The zero-order chi connectivity index (χ0) is 41.3. The normalized spacial score (nSPS) is 26.9. The van der Waals surface area contributed by atoms with E-state index in [1.54, 1.807) is 19.1 Å². The number of aliphatic hydroxyl groups is 3. The van der Waals surface area contributed by atoms with E-state index in [1.165, 1.54) is 6.42 Å². The molecular weight excluding hydrogens is 723 g/mol. The smallest absolute Gasteiger partial charge is 0.251 e. The Hall–Kier alpha value is -4.04. The number of anilines is 1. The quantitative estimate of drug-likeness (QED) is 0.150. The Morgan fingerprint density at radius 2 is 1.74 bits per heavy atom. The van der Waals surface area contributed by atoms with E-state index in [0.29, 0.717) is 41.2 Å². The zero-order valence-corrected chi connectivity index (χ0v) is 35.0. The molecule has 310 valence electrons. The summed E-state index contributed by atoms with van der Waals surface area (Å²) in [6.45, 7) is 8.72. The largest absolute Gasteiger partial charge is 0.496 e. The summed E-state index contributed by atoms with van der Waals surface area (Å²) in [5.41, 5.74) is 4.37. The number of amides is 2. The highest BCUT2D eigenvalue weighted by Gasteiger charge is 2.57. The molecule has 0 radical (unpaired) electrons. The maximum Gasteiger partial charge on any atom is 0.251 e. The van der Waals surface area contributed by atoms with E-state index in [0.717, 1.165) is 28.8 Å². The van der Waals surface area contributed by atoms with Crippen LogP contribution in [0.3, 0.4) is 0 Å². The van der Waals surface area contributed by atoms with Gasteiger partial charge >= 0.3 is 0 Å². The topological polar surface area (TPSA) is 147 Å². The minimum Gasteiger partial charge on any atom is -0.496 e. The number of benzene rings is 3. The third kappa shape index (κ3) is 8.72. The number of fused-ring (bicyclic) bond motifs is 2. The fraction of sp³-hybridized carbons (Fsp3) is 0.556. The van der Waals surface area contributed by atoms with Crippen molar-refractivity contribution in [1.29, 1.82) is 0 Å². The zero-order valence-electron chi connectivity index (χ0n) is 35.0. The van der Waals surface area contributed by atoms with E-state index in [4.69, 9.17) is 9.57 Å². The van der Waals surface area contributed by atoms with Crippen LogP contribution in [0.2, 0.25) is 0 Å². The van der Waals surface area contributed by atoms with E-state index >= 15 is 0 Å². The number of carbonyl (C=O) groups is 2. The molecule has 3 saturated carbocycles. The van der Waals surface area contributed by atoms with Gasteiger partial charge in [0.25, 0.3) is 5.91 Å². The predicted octanol–water partition coefficient (Wildman–Crippen LogP) is 4.48. The van der Waals surface area contributed by atoms with Gasteiger partial charge in [0.05, 0.1) is 32.4 Å². The van der Waals surface area contributed by atoms with E-state index < -0.39 is 36.3 Å². The van der Waals surface area contributed by atoms with Crippen molar-refractivity contribution in [1.82, 2.24) is 20.6 Å². The number of para-hydroxylation sites is 1. The van der Waals surface area contributed by atoms with Gasteiger partial charge in [-0.15, -0.1) is 0 Å². The van der Waals surface area contributed by atoms with E-state index in [2.05, 4.69) is 31.4 Å². The van der Waals surface area contributed by atoms with Crippen molar-refractivity contribution in [2.24, 2.45) is 29.1 Å². The van der Waals surface area contributed by atoms with Crippen molar-refractivity contribution in [3.63, 3.8) is 0 Å². The first-order valence-electron chi connectivity index (χ1n) is 20.3. The maximum atomic E-state index is 14.3. The molecule has 3 aliphatic carbocycles. The first kappa shape index (κ1) is 42.6. The number of nitrogens with one attached hydrogen (secondary N) is 2. The van der Waals surface area contributed by atoms with Crippen LogP contribution in [0.15, 0.2) is 66.7 Å². The molecule has 2 bridgehead atoms. The maximum absolute atomic E-state index is 14.3. The minimum atomic E-state index is -0.924. The number of aliphatic hydroxyl groups excluding tert-OH is 3. The van der Waals surface area contributed by atoms with Gasteiger partial charge in [-0.3, -0.25) is 14.4 Å². The lowest BCUT2D eigenvalue weighted by atomic mass is 9.45. The van der Waals surface area contributed by atoms with E-state index in [9.17, 15) is 24.9 Å². The van der Waals surface area contributed by atoms with Gasteiger partial charge in [-0.1, -0.05) is 69.3 Å². The number of nitrogens with zero attached hydrogens (tertiary/aromatic N) is 3. The summed E-state index contributed by atoms with van der Waals surface area (Å²) in [6, 6.07) is 19.2. The van der Waals surface area contributed by atoms with Crippen molar-refractivity contribution in [2.75, 3.05) is 53.4 Å². The van der Waals surface area contributed by atoms with Crippen LogP contribution in [0.1, 0.15) is 68.1 Å². The number of hydroxylamine groups is 2. The molecule has 1 saturated heterocycles. The summed E-state index contributed by atoms with van der Waals surface area (Å²) >= 11 is 0. The van der Waals surface area contributed by atoms with Crippen LogP contribution in [0.5, 0.6) is 5.75 Å². The lowest BCUT2D eigenvalue weighted by molar-refractivity contribution is -0.183. The Labute approximate surface area is 338 Å². The molecule has 10 atom stereocenters. The summed E-state index contributed by atoms with van der Waals surface area (Å²) in [4.78, 5) is 38.5. The van der Waals surface area contributed by atoms with Gasteiger partial charge in [-0.25, -0.2) is 0 Å². The first-order valence-corrected chi connectivity index (χ1v) is 20.3. The second-order valence-corrected chi connectivity index (χ2v) is 17.6. The molecule has 1 aliphatic heterocycles. The summed E-state index contributed by atoms with van der Waals surface area (Å²) in [5.74, 6) is 0.742. The first-order chi connectivity index (χ1) is 27.0. The van der Waals surface area contributed by atoms with Gasteiger partial charge in [-0.2, -0.15) is 5.06 Å². The number of carbonyl (C=O) groups excluding carboxylic acids is 2. The Kier molecular flexibility index (Phi) is 13.0. The molecule has 0 unspecified atom stereocenters. The second-order valence-electron chi connectivity index (χ2n) is 17.6. The van der Waals surface area contributed by atoms with Crippen LogP contribution in [0, 0.1) is 29.1 Å². The summed E-state index contributed by atoms with van der Waals surface area (Å²) in [7, 11) is 9.21. The Balaban J connectivity index is 1.29. The number of hydrogen-bond donors (Lipinski definition) is 5. The van der Waals surface area contributed by atoms with Gasteiger partial charge in [0.2, 0.25) is 5.91 Å². The Bertz CT molecular complexity index is 1870. The average Bonchev–Trinajstić information content (AvgIpc) is 3.56. The van der Waals surface area contributed by atoms with Gasteiger partial charge in [0.1, 0.15) is 24.0 Å². The molecule has 5 N–H and O–H groups in total. The molecule has 7 rings (SSSR count). The van der Waals surface area contributed by atoms with Crippen molar-refractivity contribution >= 4 is 17.5 Å². The van der Waals surface area contributed by atoms with Crippen LogP contribution in [0.4, 0.5) is 5.69 Å². The highest BCUT2D eigenvalue weighted by atomic mass is 16.7.